The van der Waals surface area contributed by atoms with Crippen LogP contribution in [0.15, 0.2) is 43.7 Å². The maximum Gasteiger partial charge on any atom is 0.695 e. The Hall–Kier alpha value is 45.4. The third-order valence-corrected chi connectivity index (χ3v) is 6.95. The average Bonchev–Trinajstić information content (AvgIpc) is 3.53. The molecule has 0 spiro atoms. The summed E-state index contributed by atoms with van der Waals surface area (Å²) in [4.78, 5) is 59.0. The first-order valence-corrected chi connectivity index (χ1v) is 14.9. The van der Waals surface area contributed by atoms with Crippen LogP contribution in [0, 0.1) is 1430 Å². The maximum atomic E-state index is 14.2. The summed E-state index contributed by atoms with van der Waals surface area (Å²) in [5.41, 5.74) is -2.95. The molecule has 2 fully saturated rings. The first-order chi connectivity index (χ1) is 23.7. The fourth-order valence-electron chi connectivity index (χ4n) is 4.08. The predicted octanol–water partition coefficient (Wildman–Crippen LogP) is -1.87. The molecule has 2 aromatic rings. The molecule has 448 valence electrons. The zero-order valence-corrected chi connectivity index (χ0v) is 241. The van der Waals surface area contributed by atoms with Crippen molar-refractivity contribution in [2.24, 2.45) is 0 Å². The van der Waals surface area contributed by atoms with Crippen LogP contribution in [-0.2, 0) is 18.6 Å². The summed E-state index contributed by atoms with van der Waals surface area (Å²) < 4.78 is 80.6. The Bertz CT molecular complexity index is 1580. The molecule has 2 aliphatic rings. The van der Waals surface area contributed by atoms with E-state index >= 15 is 0 Å². The van der Waals surface area contributed by atoms with Crippen molar-refractivity contribution in [1.82, 2.24) is 19.1 Å². The summed E-state index contributed by atoms with van der Waals surface area (Å²) in [7, 11) is -0.486. The van der Waals surface area contributed by atoms with E-state index in [0.29, 0.717) is 0 Å². The van der Waals surface area contributed by atoms with Crippen molar-refractivity contribution >= 4 is 8.25 Å². The van der Waals surface area contributed by atoms with E-state index in [9.17, 15) is 37.6 Å². The van der Waals surface area contributed by atoms with E-state index in [1.807, 2.05) is 9.97 Å². The van der Waals surface area contributed by atoms with Gasteiger partial charge in [0.2, 0.25) is 2.86 Å². The van der Waals surface area contributed by atoms with Gasteiger partial charge in [-0.3, -0.25) is 28.7 Å². The third kappa shape index (κ3) is 166. The number of aromatic nitrogens is 4. The van der Waals surface area contributed by atoms with Crippen LogP contribution in [0.1, 0.15) is 49.8 Å². The second kappa shape index (κ2) is 225. The smallest absolute Gasteiger partial charge is 0.400 e. The molecule has 0 radical (unpaired) electrons. The second-order valence-corrected chi connectivity index (χ2v) is 9.85. The van der Waals surface area contributed by atoms with Crippen LogP contribution in [0.5, 0.6) is 0 Å². The summed E-state index contributed by atoms with van der Waals surface area (Å²) >= 11 is 0. The molecule has 0 saturated carbocycles. The third-order valence-electron chi connectivity index (χ3n) is 6.52. The largest absolute Gasteiger partial charge is 0.695 e. The topological polar surface area (TPSA) is 240 Å². The summed E-state index contributed by atoms with van der Waals surface area (Å²) in [5, 5.41) is 16.4. The molecule has 92 heavy (non-hydrogen) atoms. The van der Waals surface area contributed by atoms with Gasteiger partial charge in [-0.1, -0.05) is 0 Å². The molecule has 2 aromatic heterocycles. The minimum absolute atomic E-state index is 0. The standard InChI is InChI=1S/C9H10FN2O6P.C9H11FN2O4.C6H15N.2CH4O.46U/c1-4-7(18-19(15)16)6(10)8(17-4)12-3-2-5(13)11-9(12)14;1-4-7(14)6(10)8(16-4)12-3-2-5(13)11-9(12)15;1-4-7(5-2)6-3;2*1-2;;;;;;;;;;;;;;;;;;;;;;;;;;;;;;;;;;;;;;;;;;;;;;/h2-4,6-8H,1H3,(H-,11,13,14,15,16);2-4,6-8,14H,1H3,(H,11,13,15);4-6H2,1-3H3;2*2H,1H3;;;;;;;;;;;;;;;;;;;;;;;;;;;;;;;;;;;;;;;;;;;;;;/p+2/i2*1D;;2*2T;;;;;;;;;;;;;;;;;;;;;;;;;;;;;;;;;;;;;;;;;;;;;;. The maximum absolute atomic E-state index is 14.2. The van der Waals surface area contributed by atoms with Crippen molar-refractivity contribution in [1.29, 1.82) is 2.86 Å². The normalized spacial score (nSPS) is 13.9. The van der Waals surface area contributed by atoms with E-state index in [0.717, 1.165) is 33.7 Å². The van der Waals surface area contributed by atoms with E-state index in [-0.39, 0.29) is 1440 Å². The number of aromatic amines is 2. The van der Waals surface area contributed by atoms with Gasteiger partial charge in [0.25, 0.3) is 11.1 Å². The van der Waals surface area contributed by atoms with E-state index in [1.165, 1.54) is 33.9 Å². The molecule has 66 heteroatoms. The molecule has 0 amide bonds. The van der Waals surface area contributed by atoms with Crippen molar-refractivity contribution in [3.05, 3.63) is 66.2 Å². The van der Waals surface area contributed by atoms with Gasteiger partial charge in [-0.2, -0.15) is 0 Å². The van der Waals surface area contributed by atoms with Gasteiger partial charge < -0.3 is 29.7 Å². The molecule has 9 unspecified atom stereocenters. The van der Waals surface area contributed by atoms with Crippen LogP contribution in [0.2, 0.25) is 0 Å². The molecular formula is C26H46F2N5O12PU46+2. The molecule has 9 atom stereocenters. The molecule has 7 N–H and O–H groups in total. The predicted molar refractivity (Wildman–Crippen MR) is 161 cm³/mol. The fraction of sp³-hybridized carbons (Fsp3) is 0.692. The van der Waals surface area contributed by atoms with Gasteiger partial charge in [0.05, 0.1) is 31.8 Å². The molecule has 2 aliphatic heterocycles. The van der Waals surface area contributed by atoms with E-state index in [1.54, 1.807) is 4.90 Å². The van der Waals surface area contributed by atoms with Crippen LogP contribution >= 0.6 is 8.25 Å². The number of hydrogen-bond donors (Lipinski definition) is 7. The van der Waals surface area contributed by atoms with Gasteiger partial charge in [-0.15, -0.1) is 9.42 Å². The molecule has 17 nitrogen and oxygen atoms in total. The molecule has 0 aromatic carbocycles. The Morgan fingerprint density at radius 3 is 0.848 bits per heavy atom. The Kier molecular flexibility index (Phi) is 702. The van der Waals surface area contributed by atoms with Crippen LogP contribution in [-0.4, -0.2) is 113 Å². The number of quaternary nitrogens is 1. The molecule has 2 saturated heterocycles. The second-order valence-electron chi connectivity index (χ2n) is 9.16. The number of alkyl halides is 2. The molecule has 4 heterocycles. The fourth-order valence-corrected chi connectivity index (χ4v) is 4.54. The number of nitrogens with zero attached hydrogens (tertiary/aromatic N) is 2. The van der Waals surface area contributed by atoms with Gasteiger partial charge in [-0.05, 0) is 34.6 Å². The van der Waals surface area contributed by atoms with E-state index in [4.69, 9.17) is 20.0 Å². The Morgan fingerprint density at radius 1 is 0.478 bits per heavy atom. The monoisotopic (exact) mass is 11600 g/mol. The van der Waals surface area contributed by atoms with Gasteiger partial charge >= 0.3 is 19.6 Å². The summed E-state index contributed by atoms with van der Waals surface area (Å²) in [6.45, 7) is 9.76. The van der Waals surface area contributed by atoms with Crippen molar-refractivity contribution in [3.63, 3.8) is 0 Å². The first-order valence-electron chi connectivity index (χ1n) is 16.0. The minimum Gasteiger partial charge on any atom is -0.400 e. The van der Waals surface area contributed by atoms with Crippen LogP contribution in [0.25, 0.3) is 0 Å². The van der Waals surface area contributed by atoms with Crippen molar-refractivity contribution < 1.29 is 1490 Å². The number of ether oxygens (including phenoxy) is 2. The van der Waals surface area contributed by atoms with Gasteiger partial charge in [-0.25, -0.2) is 18.4 Å². The average molecular weight is 11600 g/mol. The zero-order valence-electron chi connectivity index (χ0n) is 53.0. The van der Waals surface area contributed by atoms with Crippen LogP contribution in [0.3, 0.4) is 0 Å². The number of aliphatic hydroxyl groups is 3. The summed E-state index contributed by atoms with van der Waals surface area (Å²) in [6, 6.07) is 2.06. The number of rotatable bonds is 7. The van der Waals surface area contributed by atoms with E-state index in [2.05, 4.69) is 35.5 Å². The molecule has 0 bridgehead atoms. The SMILES string of the molecule is CC[NH+](CC)CC.[2H]CC1OC(n2ccc(=O)[nH]c2=O)C(F)C1O.[2H]CC1OC(n2ccc(=O)[nH]c2=O)C(F)C1O[P+](=O)O.[3H]OC.[3H]OC.[U].[U].[U].[U].[U].[U].[U].[U].[U].[U].[U].[U].[U].[U].[U].[U].[U].[U].[U].[U].[U].[U].[U].[U].[U].[U].[U].[U].[U].[U].[U].[U].[U].[U].[U].[U].[U].[U].[U].[U].[U].[U].[U].[U].[U].[U]. The van der Waals surface area contributed by atoms with Gasteiger partial charge in [0.15, 0.2) is 30.9 Å². The Morgan fingerprint density at radius 2 is 0.685 bits per heavy atom. The van der Waals surface area contributed by atoms with E-state index < -0.39 is 86.9 Å². The van der Waals surface area contributed by atoms with Crippen LogP contribution in [0.4, 0.5) is 8.78 Å². The number of nitrogens with one attached hydrogen (secondary N) is 3. The zero-order chi connectivity index (χ0) is 38.6. The Balaban J connectivity index is -0.00000000669. The van der Waals surface area contributed by atoms with Crippen molar-refractivity contribution in [3.8, 4) is 0 Å². The number of halogens is 2. The molecule has 0 aliphatic carbocycles. The Labute approximate surface area is 1640 Å². The molecular weight excluding hydrogens is 11600 g/mol. The number of hydrogen-bond acceptors (Lipinski definition) is 11. The first kappa shape index (κ1) is 287. The number of aliphatic hydroxyl groups excluding tert-OH is 3. The van der Waals surface area contributed by atoms with Crippen molar-refractivity contribution in [2.45, 2.75) is 83.8 Å². The van der Waals surface area contributed by atoms with Crippen LogP contribution < -0.4 is 27.4 Å². The number of H-pyrrole nitrogens is 2. The molecule has 4 rings (SSSR count). The summed E-state index contributed by atoms with van der Waals surface area (Å²) in [6.07, 6.45) is -9.32. The summed E-state index contributed by atoms with van der Waals surface area (Å²) in [5.74, 6) is 0. The van der Waals surface area contributed by atoms with Crippen molar-refractivity contribution in [2.75, 3.05) is 33.9 Å². The quantitative estimate of drug-likeness (QED) is 0.151. The van der Waals surface area contributed by atoms with Gasteiger partial charge in [0, 0.05) is 1480 Å². The van der Waals surface area contributed by atoms with Gasteiger partial charge in [0.1, 0.15) is 6.10 Å². The minimum atomic E-state index is -3.07.